The Kier molecular flexibility index (Phi) is 41.0. The van der Waals surface area contributed by atoms with Crippen molar-refractivity contribution in [1.82, 2.24) is 9.80 Å². The lowest BCUT2D eigenvalue weighted by atomic mass is 9.87. The Balaban J connectivity index is 1.78. The highest BCUT2D eigenvalue weighted by atomic mass is 16.6. The number of ether oxygens (including phenoxy) is 5. The first-order valence-corrected chi connectivity index (χ1v) is 31.7. The van der Waals surface area contributed by atoms with Crippen LogP contribution in [0, 0.1) is 11.3 Å². The van der Waals surface area contributed by atoms with E-state index in [1.54, 1.807) is 0 Å². The van der Waals surface area contributed by atoms with Crippen LogP contribution in [0.5, 0.6) is 0 Å². The number of carbonyl (C=O) groups is 4. The Morgan fingerprint density at radius 2 is 1.09 bits per heavy atom. The van der Waals surface area contributed by atoms with Crippen LogP contribution >= 0.6 is 0 Å². The summed E-state index contributed by atoms with van der Waals surface area (Å²) in [7, 11) is 2.07. The summed E-state index contributed by atoms with van der Waals surface area (Å²) >= 11 is 0. The number of esters is 4. The molecule has 0 amide bonds. The Labute approximate surface area is 455 Å². The monoisotopic (exact) mass is 1050 g/mol. The molecule has 0 aromatic carbocycles. The number of unbranched alkanes of at least 4 members (excludes halogenated alkanes) is 21. The Morgan fingerprint density at radius 1 is 0.581 bits per heavy atom. The van der Waals surface area contributed by atoms with Gasteiger partial charge in [-0.05, 0) is 110 Å². The van der Waals surface area contributed by atoms with Gasteiger partial charge in [0.2, 0.25) is 0 Å². The van der Waals surface area contributed by atoms with Crippen LogP contribution in [0.1, 0.15) is 292 Å². The molecule has 11 nitrogen and oxygen atoms in total. The fourth-order valence-corrected chi connectivity index (χ4v) is 11.1. The number of carbonyl (C=O) groups excluding carboxylic acids is 4. The molecule has 0 aromatic heterocycles. The lowest BCUT2D eigenvalue weighted by molar-refractivity contribution is -0.154. The highest BCUT2D eigenvalue weighted by Crippen LogP contribution is 2.29. The molecule has 0 N–H and O–H groups in total. The van der Waals surface area contributed by atoms with E-state index in [0.717, 1.165) is 141 Å². The van der Waals surface area contributed by atoms with E-state index in [-0.39, 0.29) is 36.1 Å². The van der Waals surface area contributed by atoms with Crippen molar-refractivity contribution in [3.05, 3.63) is 0 Å². The molecular formula is C63H118N2O9. The van der Waals surface area contributed by atoms with Crippen molar-refractivity contribution in [2.24, 2.45) is 11.3 Å². The molecule has 2 aliphatic heterocycles. The number of hydrogen-bond acceptors (Lipinski definition) is 11. The van der Waals surface area contributed by atoms with Crippen LogP contribution in [0.2, 0.25) is 0 Å². The van der Waals surface area contributed by atoms with E-state index in [9.17, 15) is 19.2 Å². The highest BCUT2D eigenvalue weighted by Gasteiger charge is 2.39. The van der Waals surface area contributed by atoms with Crippen LogP contribution in [0.3, 0.4) is 0 Å². The molecule has 0 unspecified atom stereocenters. The smallest absolute Gasteiger partial charge is 0.323 e. The summed E-state index contributed by atoms with van der Waals surface area (Å²) in [5.41, 5.74) is -0.515. The predicted octanol–water partition coefficient (Wildman–Crippen LogP) is 15.8. The predicted molar refractivity (Wildman–Crippen MR) is 304 cm³/mol. The van der Waals surface area contributed by atoms with Crippen molar-refractivity contribution < 1.29 is 42.9 Å². The third-order valence-corrected chi connectivity index (χ3v) is 16.2. The van der Waals surface area contributed by atoms with Gasteiger partial charge in [-0.15, -0.1) is 0 Å². The molecule has 0 aromatic rings. The van der Waals surface area contributed by atoms with Crippen LogP contribution in [0.25, 0.3) is 0 Å². The van der Waals surface area contributed by atoms with Gasteiger partial charge in [-0.2, -0.15) is 0 Å². The number of likely N-dealkylation sites (tertiary alicyclic amines) is 1. The summed E-state index contributed by atoms with van der Waals surface area (Å²) in [5.74, 6) is 0.168. The summed E-state index contributed by atoms with van der Waals surface area (Å²) in [5, 5.41) is 0. The van der Waals surface area contributed by atoms with Crippen LogP contribution in [-0.4, -0.2) is 111 Å². The molecule has 0 radical (unpaired) electrons. The third-order valence-electron chi connectivity index (χ3n) is 16.2. The number of hydrogen-bond donors (Lipinski definition) is 0. The summed E-state index contributed by atoms with van der Waals surface area (Å²) in [6.45, 7) is 17.4. The lowest BCUT2D eigenvalue weighted by Crippen LogP contribution is -2.38. The van der Waals surface area contributed by atoms with Crippen LogP contribution in [0.4, 0.5) is 0 Å². The first-order valence-electron chi connectivity index (χ1n) is 31.7. The molecule has 2 saturated heterocycles. The lowest BCUT2D eigenvalue weighted by Gasteiger charge is -2.30. The van der Waals surface area contributed by atoms with Crippen molar-refractivity contribution in [2.75, 3.05) is 53.1 Å². The van der Waals surface area contributed by atoms with E-state index >= 15 is 0 Å². The van der Waals surface area contributed by atoms with E-state index in [1.807, 2.05) is 13.8 Å². The maximum absolute atomic E-state index is 13.7. The molecule has 434 valence electrons. The van der Waals surface area contributed by atoms with Crippen LogP contribution in [-0.2, 0) is 42.9 Å². The maximum atomic E-state index is 13.7. The maximum Gasteiger partial charge on any atom is 0.323 e. The van der Waals surface area contributed by atoms with Gasteiger partial charge in [0.05, 0.1) is 25.0 Å². The van der Waals surface area contributed by atoms with Crippen LogP contribution in [0.15, 0.2) is 0 Å². The van der Waals surface area contributed by atoms with Crippen molar-refractivity contribution >= 4 is 23.9 Å². The van der Waals surface area contributed by atoms with Crippen LogP contribution < -0.4 is 0 Å². The van der Waals surface area contributed by atoms with Gasteiger partial charge in [-0.1, -0.05) is 182 Å². The topological polar surface area (TPSA) is 121 Å². The van der Waals surface area contributed by atoms with Crippen molar-refractivity contribution in [3.8, 4) is 0 Å². The van der Waals surface area contributed by atoms with E-state index in [1.165, 1.54) is 116 Å². The van der Waals surface area contributed by atoms with Gasteiger partial charge in [0, 0.05) is 45.2 Å². The second kappa shape index (κ2) is 44.7. The molecule has 0 saturated carbocycles. The standard InChI is InChI=1S/C63H118N2O9/c1-8-12-16-18-21-29-39-56(40-30-22-19-17-13-9-2)73-59(66)41-31-23-20-26-34-48-71-61(68)58-52-57(74-60(67)42-47-64(7)55-43-50-70-51-44-55)53-65(58)46-33-25-24-32-45-63(5,6)62(69)72-49-35-38-54(36-27-14-10-3)37-28-15-11-4/h54-58H,8-53H2,1-7H3/t57-,58-/m0/s1. The van der Waals surface area contributed by atoms with Gasteiger partial charge in [0.15, 0.2) is 0 Å². The minimum absolute atomic E-state index is 0.0470. The summed E-state index contributed by atoms with van der Waals surface area (Å²) in [6, 6.07) is -0.0162. The largest absolute Gasteiger partial charge is 0.465 e. The van der Waals surface area contributed by atoms with Gasteiger partial charge in [-0.25, -0.2) is 0 Å². The minimum atomic E-state index is -0.515. The third kappa shape index (κ3) is 33.8. The molecule has 74 heavy (non-hydrogen) atoms. The zero-order chi connectivity index (χ0) is 53.9. The Bertz CT molecular complexity index is 1360. The quantitative estimate of drug-likeness (QED) is 0.0329. The summed E-state index contributed by atoms with van der Waals surface area (Å²) in [6.07, 6.45) is 41.4. The molecule has 2 atom stereocenters. The second-order valence-corrected chi connectivity index (χ2v) is 23.5. The van der Waals surface area contributed by atoms with Gasteiger partial charge < -0.3 is 28.6 Å². The van der Waals surface area contributed by atoms with Crippen molar-refractivity contribution in [1.29, 1.82) is 0 Å². The van der Waals surface area contributed by atoms with E-state index < -0.39 is 11.5 Å². The first-order chi connectivity index (χ1) is 35.9. The first kappa shape index (κ1) is 67.9. The molecule has 11 heteroatoms. The Hall–Kier alpha value is -2.24. The normalized spacial score (nSPS) is 16.7. The fraction of sp³-hybridized carbons (Fsp3) is 0.937. The number of rotatable bonds is 49. The van der Waals surface area contributed by atoms with E-state index in [2.05, 4.69) is 44.5 Å². The van der Waals surface area contributed by atoms with Crippen molar-refractivity contribution in [2.45, 2.75) is 316 Å². The molecule has 2 rings (SSSR count). The second-order valence-electron chi connectivity index (χ2n) is 23.5. The van der Waals surface area contributed by atoms with E-state index in [4.69, 9.17) is 23.7 Å². The molecule has 0 bridgehead atoms. The molecule has 0 spiro atoms. The van der Waals surface area contributed by atoms with Gasteiger partial charge >= 0.3 is 23.9 Å². The molecule has 0 aliphatic carbocycles. The molecule has 2 aliphatic rings. The Morgan fingerprint density at radius 3 is 1.73 bits per heavy atom. The number of nitrogens with zero attached hydrogens (tertiary/aromatic N) is 2. The average molecular weight is 1050 g/mol. The summed E-state index contributed by atoms with van der Waals surface area (Å²) < 4.78 is 29.3. The molecule has 2 fully saturated rings. The van der Waals surface area contributed by atoms with Gasteiger partial charge in [-0.3, -0.25) is 24.1 Å². The van der Waals surface area contributed by atoms with Gasteiger partial charge in [0.25, 0.3) is 0 Å². The highest BCUT2D eigenvalue weighted by molar-refractivity contribution is 5.77. The zero-order valence-electron chi connectivity index (χ0n) is 49.5. The molecule has 2 heterocycles. The molecular weight excluding hydrogens is 929 g/mol. The zero-order valence-corrected chi connectivity index (χ0v) is 49.5. The summed E-state index contributed by atoms with van der Waals surface area (Å²) in [4.78, 5) is 57.2. The van der Waals surface area contributed by atoms with E-state index in [0.29, 0.717) is 51.6 Å². The SMILES string of the molecule is CCCCCCCCC(CCCCCCCC)OC(=O)CCCCCCCOC(=O)[C@@H]1C[C@H](OC(=O)CCN(C)C2CCOCC2)CN1CCCCCCC(C)(C)C(=O)OCCCC(CCCCC)CCCCC. The fourth-order valence-electron chi connectivity index (χ4n) is 11.1. The van der Waals surface area contributed by atoms with Gasteiger partial charge in [0.1, 0.15) is 18.2 Å². The van der Waals surface area contributed by atoms with Crippen molar-refractivity contribution in [3.63, 3.8) is 0 Å². The average Bonchev–Trinajstić information content (AvgIpc) is 3.80. The minimum Gasteiger partial charge on any atom is -0.465 e.